The van der Waals surface area contributed by atoms with Crippen molar-refractivity contribution in [3.05, 3.63) is 47.8 Å². The molecule has 3 aliphatic heterocycles. The van der Waals surface area contributed by atoms with Gasteiger partial charge in [0.15, 0.2) is 6.54 Å². The molecule has 0 bridgehead atoms. The highest BCUT2D eigenvalue weighted by atomic mass is 16.5. The first-order valence-electron chi connectivity index (χ1n) is 11.5. The molecule has 0 aliphatic carbocycles. The van der Waals surface area contributed by atoms with Gasteiger partial charge in [0.25, 0.3) is 5.91 Å². The van der Waals surface area contributed by atoms with Gasteiger partial charge in [-0.2, -0.15) is 0 Å². The zero-order chi connectivity index (χ0) is 21.0. The zero-order valence-electron chi connectivity index (χ0n) is 18.1. The third-order valence-electron chi connectivity index (χ3n) is 6.74. The summed E-state index contributed by atoms with van der Waals surface area (Å²) in [7, 11) is 0. The van der Waals surface area contributed by atoms with Crippen LogP contribution >= 0.6 is 0 Å². The zero-order valence-corrected chi connectivity index (χ0v) is 18.1. The molecule has 164 valence electrons. The summed E-state index contributed by atoms with van der Waals surface area (Å²) in [5.41, 5.74) is 2.75. The summed E-state index contributed by atoms with van der Waals surface area (Å²) in [6.07, 6.45) is 4.57. The number of fused-ring (bicyclic) bond motifs is 1. The molecule has 31 heavy (non-hydrogen) atoms. The molecule has 3 aliphatic rings. The number of ether oxygens (including phenoxy) is 1. The Kier molecular flexibility index (Phi) is 5.99. The van der Waals surface area contributed by atoms with Crippen LogP contribution in [0.15, 0.2) is 36.7 Å². The Hall–Kier alpha value is -2.71. The standard InChI is InChI=1S/C23H30N6O2/c30-22(28-11-13-29(14-12-28)23-24-5-1-6-25-23)18-27-9-7-26(8-10-27)17-19-2-3-21-20(16-19)4-15-31-21/h1-3,5-6,16H,4,7-15,17-18H2/p+2. The van der Waals surface area contributed by atoms with E-state index in [9.17, 15) is 4.79 Å². The van der Waals surface area contributed by atoms with Crippen molar-refractivity contribution in [1.29, 1.82) is 0 Å². The van der Waals surface area contributed by atoms with Gasteiger partial charge in [0.05, 0.1) is 6.61 Å². The summed E-state index contributed by atoms with van der Waals surface area (Å²) in [6.45, 7) is 9.97. The minimum atomic E-state index is 0.283. The molecule has 8 nitrogen and oxygen atoms in total. The highest BCUT2D eigenvalue weighted by molar-refractivity contribution is 5.77. The number of quaternary nitrogens is 2. The number of benzene rings is 1. The predicted octanol–water partition coefficient (Wildman–Crippen LogP) is -1.96. The van der Waals surface area contributed by atoms with E-state index in [2.05, 4.69) is 33.1 Å². The lowest BCUT2D eigenvalue weighted by molar-refractivity contribution is -1.02. The Labute approximate surface area is 183 Å². The fourth-order valence-electron chi connectivity index (χ4n) is 4.89. The maximum atomic E-state index is 12.8. The average molecular weight is 425 g/mol. The monoisotopic (exact) mass is 424 g/mol. The van der Waals surface area contributed by atoms with E-state index in [-0.39, 0.29) is 5.91 Å². The summed E-state index contributed by atoms with van der Waals surface area (Å²) in [5.74, 6) is 2.10. The first-order valence-corrected chi connectivity index (χ1v) is 11.5. The molecular formula is C23H32N6O2+2. The molecular weight excluding hydrogens is 392 g/mol. The maximum absolute atomic E-state index is 12.8. The van der Waals surface area contributed by atoms with Gasteiger partial charge in [-0.3, -0.25) is 4.79 Å². The highest BCUT2D eigenvalue weighted by Crippen LogP contribution is 2.25. The number of nitrogens with one attached hydrogen (secondary N) is 2. The van der Waals surface area contributed by atoms with Gasteiger partial charge in [-0.25, -0.2) is 9.97 Å². The van der Waals surface area contributed by atoms with E-state index in [0.29, 0.717) is 6.54 Å². The van der Waals surface area contributed by atoms with Gasteiger partial charge >= 0.3 is 0 Å². The second-order valence-corrected chi connectivity index (χ2v) is 8.81. The van der Waals surface area contributed by atoms with Gasteiger partial charge in [-0.1, -0.05) is 0 Å². The van der Waals surface area contributed by atoms with Crippen LogP contribution < -0.4 is 19.4 Å². The van der Waals surface area contributed by atoms with Gasteiger partial charge in [0.2, 0.25) is 5.95 Å². The Morgan fingerprint density at radius 2 is 1.74 bits per heavy atom. The number of carbonyl (C=O) groups is 1. The van der Waals surface area contributed by atoms with Gasteiger partial charge in [-0.05, 0) is 29.8 Å². The van der Waals surface area contributed by atoms with Gasteiger partial charge in [0.1, 0.15) is 38.5 Å². The third kappa shape index (κ3) is 4.80. The molecule has 0 atom stereocenters. The quantitative estimate of drug-likeness (QED) is 0.584. The average Bonchev–Trinajstić information content (AvgIpc) is 3.29. The summed E-state index contributed by atoms with van der Waals surface area (Å²) in [6, 6.07) is 8.48. The van der Waals surface area contributed by atoms with Crippen molar-refractivity contribution in [2.45, 2.75) is 13.0 Å². The van der Waals surface area contributed by atoms with Crippen LogP contribution in [0.25, 0.3) is 0 Å². The van der Waals surface area contributed by atoms with Crippen molar-refractivity contribution in [3.8, 4) is 5.75 Å². The summed E-state index contributed by atoms with van der Waals surface area (Å²) >= 11 is 0. The van der Waals surface area contributed by atoms with Crippen LogP contribution in [0.5, 0.6) is 5.75 Å². The largest absolute Gasteiger partial charge is 0.493 e. The molecule has 1 amide bonds. The highest BCUT2D eigenvalue weighted by Gasteiger charge is 2.29. The molecule has 0 unspecified atom stereocenters. The van der Waals surface area contributed by atoms with Gasteiger partial charge in [0, 0.05) is 50.6 Å². The molecule has 5 rings (SSSR count). The number of amides is 1. The van der Waals surface area contributed by atoms with E-state index in [0.717, 1.165) is 83.6 Å². The van der Waals surface area contributed by atoms with E-state index < -0.39 is 0 Å². The molecule has 2 fully saturated rings. The number of hydrogen-bond donors (Lipinski definition) is 2. The van der Waals surface area contributed by atoms with Gasteiger partial charge in [-0.15, -0.1) is 0 Å². The Bertz CT molecular complexity index is 892. The summed E-state index contributed by atoms with van der Waals surface area (Å²) in [4.78, 5) is 28.7. The minimum absolute atomic E-state index is 0.283. The van der Waals surface area contributed by atoms with Crippen LogP contribution in [-0.2, 0) is 17.8 Å². The van der Waals surface area contributed by atoms with Crippen molar-refractivity contribution in [3.63, 3.8) is 0 Å². The Balaban J connectivity index is 1.05. The Morgan fingerprint density at radius 3 is 2.52 bits per heavy atom. The van der Waals surface area contributed by atoms with Crippen molar-refractivity contribution >= 4 is 11.9 Å². The smallest absolute Gasteiger partial charge is 0.277 e. The number of hydrogen-bond acceptors (Lipinski definition) is 5. The third-order valence-corrected chi connectivity index (χ3v) is 6.74. The lowest BCUT2D eigenvalue weighted by atomic mass is 10.1. The lowest BCUT2D eigenvalue weighted by Crippen LogP contribution is -3.28. The second-order valence-electron chi connectivity index (χ2n) is 8.81. The van der Waals surface area contributed by atoms with Gasteiger partial charge < -0.3 is 24.3 Å². The lowest BCUT2D eigenvalue weighted by Gasteiger charge is -2.36. The normalized spacial score (nSPS) is 23.4. The van der Waals surface area contributed by atoms with Crippen LogP contribution in [0.2, 0.25) is 0 Å². The first-order chi connectivity index (χ1) is 15.2. The first kappa shape index (κ1) is 20.2. The minimum Gasteiger partial charge on any atom is -0.493 e. The molecule has 0 radical (unpaired) electrons. The molecule has 0 spiro atoms. The van der Waals surface area contributed by atoms with Crippen molar-refractivity contribution in [1.82, 2.24) is 14.9 Å². The molecule has 4 heterocycles. The van der Waals surface area contributed by atoms with E-state index >= 15 is 0 Å². The summed E-state index contributed by atoms with van der Waals surface area (Å²) < 4.78 is 5.62. The SMILES string of the molecule is O=C(C[NH+]1CC[NH+](Cc2ccc3c(c2)CCO3)CC1)N1CCN(c2ncccn2)CC1. The molecule has 2 aromatic rings. The van der Waals surface area contributed by atoms with Crippen molar-refractivity contribution in [2.75, 3.05) is 70.4 Å². The van der Waals surface area contributed by atoms with E-state index in [1.807, 2.05) is 11.0 Å². The molecule has 0 saturated carbocycles. The molecule has 2 saturated heterocycles. The van der Waals surface area contributed by atoms with E-state index in [1.54, 1.807) is 17.3 Å². The topological polar surface area (TPSA) is 67.4 Å². The second kappa shape index (κ2) is 9.20. The number of carbonyl (C=O) groups excluding carboxylic acids is 1. The summed E-state index contributed by atoms with van der Waals surface area (Å²) in [5, 5.41) is 0. The van der Waals surface area contributed by atoms with Crippen LogP contribution in [0.1, 0.15) is 11.1 Å². The van der Waals surface area contributed by atoms with Crippen molar-refractivity contribution in [2.24, 2.45) is 0 Å². The number of nitrogens with zero attached hydrogens (tertiary/aromatic N) is 4. The fourth-order valence-corrected chi connectivity index (χ4v) is 4.89. The molecule has 1 aromatic heterocycles. The predicted molar refractivity (Wildman–Crippen MR) is 116 cm³/mol. The van der Waals surface area contributed by atoms with Crippen LogP contribution in [0.3, 0.4) is 0 Å². The number of rotatable bonds is 5. The fraction of sp³-hybridized carbons (Fsp3) is 0.522. The molecule has 2 N–H and O–H groups in total. The van der Waals surface area contributed by atoms with E-state index in [4.69, 9.17) is 4.74 Å². The number of anilines is 1. The Morgan fingerprint density at radius 1 is 1.00 bits per heavy atom. The molecule has 1 aromatic carbocycles. The van der Waals surface area contributed by atoms with Crippen LogP contribution in [-0.4, -0.2) is 86.3 Å². The number of aromatic nitrogens is 2. The maximum Gasteiger partial charge on any atom is 0.277 e. The van der Waals surface area contributed by atoms with Crippen LogP contribution in [0.4, 0.5) is 5.95 Å². The number of piperazine rings is 2. The van der Waals surface area contributed by atoms with Crippen molar-refractivity contribution < 1.29 is 19.3 Å². The van der Waals surface area contributed by atoms with Crippen LogP contribution in [0, 0.1) is 0 Å². The van der Waals surface area contributed by atoms with E-state index in [1.165, 1.54) is 16.0 Å². The molecule has 8 heteroatoms.